The van der Waals surface area contributed by atoms with Crippen LogP contribution in [0.5, 0.6) is 5.75 Å². The zero-order chi connectivity index (χ0) is 25.7. The number of methoxy groups -OCH3 is 1. The molecule has 0 saturated carbocycles. The van der Waals surface area contributed by atoms with E-state index in [2.05, 4.69) is 24.3 Å². The Labute approximate surface area is 213 Å². The van der Waals surface area contributed by atoms with E-state index in [9.17, 15) is 18.7 Å². The van der Waals surface area contributed by atoms with Crippen LogP contribution in [0.25, 0.3) is 11.1 Å². The lowest BCUT2D eigenvalue weighted by Gasteiger charge is -2.51. The molecule has 1 N–H and O–H groups in total. The van der Waals surface area contributed by atoms with Crippen LogP contribution in [0, 0.1) is 11.6 Å². The number of carbonyl (C=O) groups is 1. The second-order valence-corrected chi connectivity index (χ2v) is 9.96. The van der Waals surface area contributed by atoms with E-state index >= 15 is 0 Å². The van der Waals surface area contributed by atoms with Gasteiger partial charge in [0.05, 0.1) is 38.0 Å². The lowest BCUT2D eigenvalue weighted by molar-refractivity contribution is -0.137. The molecule has 2 atom stereocenters. The first-order valence-corrected chi connectivity index (χ1v) is 12.4. The van der Waals surface area contributed by atoms with Crippen molar-refractivity contribution in [3.63, 3.8) is 0 Å². The van der Waals surface area contributed by atoms with E-state index in [1.165, 1.54) is 7.11 Å². The molecule has 6 rings (SSSR count). The van der Waals surface area contributed by atoms with Gasteiger partial charge in [-0.25, -0.2) is 13.6 Å². The molecule has 2 saturated heterocycles. The van der Waals surface area contributed by atoms with Crippen LogP contribution in [-0.2, 0) is 15.1 Å². The van der Waals surface area contributed by atoms with Crippen LogP contribution in [0.15, 0.2) is 60.7 Å². The lowest BCUT2D eigenvalue weighted by Crippen LogP contribution is -2.62. The number of ether oxygens (including phenoxy) is 3. The van der Waals surface area contributed by atoms with E-state index in [4.69, 9.17) is 14.2 Å². The third-order valence-electron chi connectivity index (χ3n) is 7.81. The molecule has 0 spiro atoms. The smallest absolute Gasteiger partial charge is 0.410 e. The minimum Gasteiger partial charge on any atom is -0.493 e. The van der Waals surface area contributed by atoms with Crippen molar-refractivity contribution >= 4 is 6.09 Å². The Morgan fingerprint density at radius 1 is 1.03 bits per heavy atom. The van der Waals surface area contributed by atoms with Gasteiger partial charge >= 0.3 is 6.09 Å². The van der Waals surface area contributed by atoms with Gasteiger partial charge in [0.15, 0.2) is 11.6 Å². The number of amides is 1. The van der Waals surface area contributed by atoms with Gasteiger partial charge in [0.25, 0.3) is 0 Å². The molecule has 37 heavy (non-hydrogen) atoms. The average Bonchev–Trinajstić information content (AvgIpc) is 3.20. The molecule has 6 nitrogen and oxygen atoms in total. The predicted octanol–water partition coefficient (Wildman–Crippen LogP) is 4.97. The highest BCUT2D eigenvalue weighted by Gasteiger charge is 2.51. The quantitative estimate of drug-likeness (QED) is 0.540. The number of halogens is 2. The molecular formula is C29H27F2NO5. The van der Waals surface area contributed by atoms with Crippen molar-refractivity contribution in [2.75, 3.05) is 26.9 Å². The van der Waals surface area contributed by atoms with Crippen molar-refractivity contribution in [2.45, 2.75) is 36.4 Å². The molecule has 3 aromatic carbocycles. The Morgan fingerprint density at radius 2 is 1.62 bits per heavy atom. The molecule has 2 bridgehead atoms. The molecule has 8 heteroatoms. The maximum Gasteiger partial charge on any atom is 0.410 e. The Hall–Kier alpha value is -3.49. The van der Waals surface area contributed by atoms with Crippen LogP contribution in [0.4, 0.5) is 13.6 Å². The van der Waals surface area contributed by atoms with Gasteiger partial charge in [-0.3, -0.25) is 4.90 Å². The molecule has 0 radical (unpaired) electrons. The van der Waals surface area contributed by atoms with Crippen LogP contribution in [0.3, 0.4) is 0 Å². The van der Waals surface area contributed by atoms with Crippen LogP contribution in [-0.4, -0.2) is 55.1 Å². The maximum atomic E-state index is 14.4. The van der Waals surface area contributed by atoms with Crippen molar-refractivity contribution in [2.24, 2.45) is 0 Å². The fourth-order valence-corrected chi connectivity index (χ4v) is 6.28. The number of benzene rings is 3. The predicted molar refractivity (Wildman–Crippen MR) is 131 cm³/mol. The third-order valence-corrected chi connectivity index (χ3v) is 7.81. The first-order chi connectivity index (χ1) is 17.9. The summed E-state index contributed by atoms with van der Waals surface area (Å²) < 4.78 is 45.2. The summed E-state index contributed by atoms with van der Waals surface area (Å²) in [5.74, 6) is -1.96. The van der Waals surface area contributed by atoms with Crippen LogP contribution >= 0.6 is 0 Å². The standard InChI is InChI=1S/C29H27F2NO5/c1-35-27-25(10-17(30)11-26(27)31)29(34)12-18-14-36-15-19(13-29)32(18)28(33)37-16-24-22-8-4-2-6-20(22)21-7-3-5-9-23(21)24/h2-11,18-19,24,34H,12-16H2,1H3. The summed E-state index contributed by atoms with van der Waals surface area (Å²) in [4.78, 5) is 15.0. The molecule has 0 aromatic heterocycles. The van der Waals surface area contributed by atoms with Crippen molar-refractivity contribution < 1.29 is 32.9 Å². The van der Waals surface area contributed by atoms with Crippen LogP contribution in [0.2, 0.25) is 0 Å². The van der Waals surface area contributed by atoms with Gasteiger partial charge in [-0.05, 0) is 28.3 Å². The minimum atomic E-state index is -1.59. The number of nitrogens with zero attached hydrogens (tertiary/aromatic N) is 1. The van der Waals surface area contributed by atoms with Gasteiger partial charge in [-0.1, -0.05) is 48.5 Å². The monoisotopic (exact) mass is 507 g/mol. The number of hydrogen-bond donors (Lipinski definition) is 1. The van der Waals surface area contributed by atoms with E-state index < -0.39 is 35.4 Å². The van der Waals surface area contributed by atoms with Crippen molar-refractivity contribution in [1.29, 1.82) is 0 Å². The number of fused-ring (bicyclic) bond motifs is 5. The number of morpholine rings is 1. The van der Waals surface area contributed by atoms with Crippen molar-refractivity contribution in [1.82, 2.24) is 4.90 Å². The van der Waals surface area contributed by atoms with Gasteiger partial charge in [-0.2, -0.15) is 0 Å². The SMILES string of the molecule is COc1c(F)cc(F)cc1C1(O)CC2COCC(C1)N2C(=O)OCC1c2ccccc2-c2ccccc21. The number of aliphatic hydroxyl groups is 1. The number of rotatable bonds is 4. The first-order valence-electron chi connectivity index (χ1n) is 12.4. The average molecular weight is 508 g/mol. The fraction of sp³-hybridized carbons (Fsp3) is 0.345. The lowest BCUT2D eigenvalue weighted by atomic mass is 9.76. The summed E-state index contributed by atoms with van der Waals surface area (Å²) in [6, 6.07) is 17.0. The van der Waals surface area contributed by atoms with E-state index in [0.29, 0.717) is 0 Å². The molecule has 2 unspecified atom stereocenters. The number of hydrogen-bond acceptors (Lipinski definition) is 5. The number of carbonyl (C=O) groups excluding carboxylic acids is 1. The summed E-state index contributed by atoms with van der Waals surface area (Å²) in [7, 11) is 1.28. The van der Waals surface area contributed by atoms with E-state index in [0.717, 1.165) is 34.4 Å². The zero-order valence-electron chi connectivity index (χ0n) is 20.3. The molecule has 2 heterocycles. The topological polar surface area (TPSA) is 68.2 Å². The maximum absolute atomic E-state index is 14.4. The van der Waals surface area contributed by atoms with Gasteiger partial charge in [0.1, 0.15) is 12.4 Å². The largest absolute Gasteiger partial charge is 0.493 e. The second kappa shape index (κ2) is 9.11. The van der Waals surface area contributed by atoms with Gasteiger partial charge < -0.3 is 19.3 Å². The van der Waals surface area contributed by atoms with E-state index in [1.54, 1.807) is 4.90 Å². The highest BCUT2D eigenvalue weighted by atomic mass is 19.1. The Kier molecular flexibility index (Phi) is 5.88. The van der Waals surface area contributed by atoms with Crippen molar-refractivity contribution in [3.8, 4) is 16.9 Å². The zero-order valence-corrected chi connectivity index (χ0v) is 20.3. The normalized spacial score (nSPS) is 24.4. The summed E-state index contributed by atoms with van der Waals surface area (Å²) in [5, 5.41) is 11.6. The summed E-state index contributed by atoms with van der Waals surface area (Å²) >= 11 is 0. The molecule has 2 fully saturated rings. The highest BCUT2D eigenvalue weighted by Crippen LogP contribution is 2.47. The third kappa shape index (κ3) is 3.95. The summed E-state index contributed by atoms with van der Waals surface area (Å²) in [6.45, 7) is 0.545. The molecule has 192 valence electrons. The van der Waals surface area contributed by atoms with E-state index in [-0.39, 0.29) is 49.9 Å². The molecular weight excluding hydrogens is 480 g/mol. The molecule has 3 aliphatic rings. The van der Waals surface area contributed by atoms with Crippen LogP contribution in [0.1, 0.15) is 35.4 Å². The van der Waals surface area contributed by atoms with Gasteiger partial charge in [-0.15, -0.1) is 0 Å². The summed E-state index contributed by atoms with van der Waals surface area (Å²) in [6.07, 6.45) is -0.417. The molecule has 2 aliphatic heterocycles. The fourth-order valence-electron chi connectivity index (χ4n) is 6.28. The van der Waals surface area contributed by atoms with Crippen LogP contribution < -0.4 is 4.74 Å². The molecule has 1 aliphatic carbocycles. The summed E-state index contributed by atoms with van der Waals surface area (Å²) in [5.41, 5.74) is 2.97. The van der Waals surface area contributed by atoms with Gasteiger partial charge in [0, 0.05) is 30.4 Å². The Balaban J connectivity index is 1.23. The van der Waals surface area contributed by atoms with E-state index in [1.807, 2.05) is 24.3 Å². The Morgan fingerprint density at radius 3 is 2.22 bits per heavy atom. The molecule has 1 amide bonds. The molecule has 3 aromatic rings. The Bertz CT molecular complexity index is 1300. The minimum absolute atomic E-state index is 0.0347. The highest BCUT2D eigenvalue weighted by molar-refractivity contribution is 5.79. The second-order valence-electron chi connectivity index (χ2n) is 9.96. The number of piperidine rings is 1. The van der Waals surface area contributed by atoms with Gasteiger partial charge in [0.2, 0.25) is 0 Å². The first kappa shape index (κ1) is 23.9. The van der Waals surface area contributed by atoms with Crippen molar-refractivity contribution in [3.05, 3.63) is 89.0 Å².